The second kappa shape index (κ2) is 34.4. The summed E-state index contributed by atoms with van der Waals surface area (Å²) in [6.45, 7) is 5.68. The van der Waals surface area contributed by atoms with Crippen molar-refractivity contribution in [3.05, 3.63) is 36.0 Å². The molecule has 7 N–H and O–H groups in total. The van der Waals surface area contributed by atoms with Crippen molar-refractivity contribution in [2.75, 3.05) is 13.2 Å². The third-order valence-corrected chi connectivity index (χ3v) is 10.7. The van der Waals surface area contributed by atoms with Crippen molar-refractivity contribution >= 4 is 5.91 Å². The molecule has 0 saturated carbocycles. The van der Waals surface area contributed by atoms with Gasteiger partial charge in [0.1, 0.15) is 24.4 Å². The number of hydrogen-bond acceptors (Lipinski definition) is 9. The van der Waals surface area contributed by atoms with Gasteiger partial charge in [-0.2, -0.15) is 0 Å². The molecule has 1 fully saturated rings. The summed E-state index contributed by atoms with van der Waals surface area (Å²) in [6.07, 6.45) is 29.2. The van der Waals surface area contributed by atoms with Gasteiger partial charge in [0.2, 0.25) is 0 Å². The molecule has 0 aromatic carbocycles. The molecule has 0 aromatic heterocycles. The van der Waals surface area contributed by atoms with E-state index in [2.05, 4.69) is 32.2 Å². The Labute approximate surface area is 334 Å². The van der Waals surface area contributed by atoms with Crippen LogP contribution in [0.1, 0.15) is 181 Å². The quantitative estimate of drug-likeness (QED) is 0.0250. The number of amides is 1. The molecule has 1 heterocycles. The van der Waals surface area contributed by atoms with E-state index >= 15 is 0 Å². The number of carbonyl (C=O) groups is 1. The molecular weight excluding hydrogens is 698 g/mol. The Morgan fingerprint density at radius 3 is 1.73 bits per heavy atom. The van der Waals surface area contributed by atoms with Gasteiger partial charge in [-0.3, -0.25) is 4.79 Å². The molecule has 1 aliphatic heterocycles. The Morgan fingerprint density at radius 1 is 0.673 bits per heavy atom. The minimum atomic E-state index is -1.62. The van der Waals surface area contributed by atoms with E-state index < -0.39 is 61.5 Å². The van der Waals surface area contributed by atoms with Crippen molar-refractivity contribution in [3.63, 3.8) is 0 Å². The van der Waals surface area contributed by atoms with Crippen molar-refractivity contribution in [2.45, 2.75) is 230 Å². The number of hydrogen-bond donors (Lipinski definition) is 7. The molecule has 1 amide bonds. The summed E-state index contributed by atoms with van der Waals surface area (Å²) in [5, 5.41) is 64.4. The molecular formula is C45H83NO9. The molecule has 8 atom stereocenters. The first kappa shape index (κ1) is 51.4. The van der Waals surface area contributed by atoms with Crippen LogP contribution in [0.2, 0.25) is 0 Å². The maximum absolute atomic E-state index is 13.0. The average molecular weight is 782 g/mol. The molecule has 10 nitrogen and oxygen atoms in total. The summed E-state index contributed by atoms with van der Waals surface area (Å²) in [7, 11) is 0. The van der Waals surface area contributed by atoms with Crippen molar-refractivity contribution in [2.24, 2.45) is 0 Å². The molecule has 0 unspecified atom stereocenters. The van der Waals surface area contributed by atoms with E-state index in [4.69, 9.17) is 9.47 Å². The van der Waals surface area contributed by atoms with Gasteiger partial charge in [-0.05, 0) is 45.4 Å². The van der Waals surface area contributed by atoms with Crippen molar-refractivity contribution in [1.29, 1.82) is 0 Å². The highest BCUT2D eigenvalue weighted by atomic mass is 16.7. The summed E-state index contributed by atoms with van der Waals surface area (Å²) < 4.78 is 11.1. The van der Waals surface area contributed by atoms with Gasteiger partial charge in [0.15, 0.2) is 12.4 Å². The summed E-state index contributed by atoms with van der Waals surface area (Å²) in [4.78, 5) is 13.0. The SMILES string of the molecule is CCCCCCCCCCCCCCCCCC=C[C@@H](O)C(=O)N[C@@H](CO[C@@H]1O[C@H](CO)[C@@H](O)[C@H](O)[C@H]1O)[C@H](O)C=CCCC=C(C)CCCCCCCC. The second-order valence-electron chi connectivity index (χ2n) is 15.8. The molecule has 0 spiro atoms. The summed E-state index contributed by atoms with van der Waals surface area (Å²) in [6, 6.07) is -1.03. The number of aliphatic hydroxyl groups excluding tert-OH is 6. The Kier molecular flexibility index (Phi) is 32.2. The Hall–Kier alpha value is -1.63. The average Bonchev–Trinajstić information content (AvgIpc) is 3.18. The van der Waals surface area contributed by atoms with E-state index in [1.165, 1.54) is 134 Å². The van der Waals surface area contributed by atoms with Gasteiger partial charge in [-0.25, -0.2) is 0 Å². The van der Waals surface area contributed by atoms with Gasteiger partial charge in [-0.1, -0.05) is 172 Å². The van der Waals surface area contributed by atoms with Crippen LogP contribution in [0.5, 0.6) is 0 Å². The van der Waals surface area contributed by atoms with Crippen molar-refractivity contribution < 1.29 is 44.9 Å². The van der Waals surface area contributed by atoms with Crippen LogP contribution in [0.3, 0.4) is 0 Å². The lowest BCUT2D eigenvalue weighted by Crippen LogP contribution is -2.60. The van der Waals surface area contributed by atoms with E-state index in [-0.39, 0.29) is 6.61 Å². The van der Waals surface area contributed by atoms with Crippen LogP contribution in [0.4, 0.5) is 0 Å². The molecule has 0 aliphatic carbocycles. The van der Waals surface area contributed by atoms with Crippen LogP contribution in [0, 0.1) is 0 Å². The largest absolute Gasteiger partial charge is 0.394 e. The lowest BCUT2D eigenvalue weighted by molar-refractivity contribution is -0.302. The first-order chi connectivity index (χ1) is 26.7. The Bertz CT molecular complexity index is 1000. The fourth-order valence-electron chi connectivity index (χ4n) is 6.93. The van der Waals surface area contributed by atoms with E-state index in [1.54, 1.807) is 6.08 Å². The van der Waals surface area contributed by atoms with E-state index in [1.807, 2.05) is 12.2 Å². The lowest BCUT2D eigenvalue weighted by atomic mass is 9.99. The van der Waals surface area contributed by atoms with Gasteiger partial charge in [0, 0.05) is 0 Å². The molecule has 0 radical (unpaired) electrons. The fourth-order valence-corrected chi connectivity index (χ4v) is 6.93. The third kappa shape index (κ3) is 25.4. The molecule has 0 aromatic rings. The van der Waals surface area contributed by atoms with Gasteiger partial charge in [0.25, 0.3) is 5.91 Å². The van der Waals surface area contributed by atoms with Crippen LogP contribution in [0.15, 0.2) is 36.0 Å². The predicted octanol–water partition coefficient (Wildman–Crippen LogP) is 7.86. The van der Waals surface area contributed by atoms with Crippen LogP contribution in [-0.2, 0) is 14.3 Å². The van der Waals surface area contributed by atoms with Crippen LogP contribution in [-0.4, -0.2) is 98.7 Å². The van der Waals surface area contributed by atoms with Crippen molar-refractivity contribution in [3.8, 4) is 0 Å². The standard InChI is InChI=1S/C45H83NO9/c1-4-6-8-10-12-13-14-15-16-17-18-19-20-21-22-24-28-33-39(49)44(53)46-37(35-54-45-43(52)42(51)41(50)40(34-47)55-45)38(48)32-29-25-27-31-36(3)30-26-23-11-9-7-5-2/h28-29,31-33,37-43,45,47-52H,4-27,30,34-35H2,1-3H3,(H,46,53)/t37-,38+,39+,40+,41+,42-,43+,45+/m0/s1. The normalized spacial score (nSPS) is 22.4. The number of unbranched alkanes of at least 4 members (excludes halogenated alkanes) is 21. The zero-order valence-electron chi connectivity index (χ0n) is 35.0. The van der Waals surface area contributed by atoms with Gasteiger partial charge >= 0.3 is 0 Å². The second-order valence-corrected chi connectivity index (χ2v) is 15.8. The van der Waals surface area contributed by atoms with E-state index in [9.17, 15) is 35.4 Å². The number of nitrogens with one attached hydrogen (secondary N) is 1. The molecule has 1 rings (SSSR count). The van der Waals surface area contributed by atoms with Crippen LogP contribution < -0.4 is 5.32 Å². The third-order valence-electron chi connectivity index (χ3n) is 10.7. The fraction of sp³-hybridized carbons (Fsp3) is 0.844. The van der Waals surface area contributed by atoms with Crippen LogP contribution >= 0.6 is 0 Å². The van der Waals surface area contributed by atoms with Gasteiger partial charge in [-0.15, -0.1) is 0 Å². The minimum Gasteiger partial charge on any atom is -0.394 e. The predicted molar refractivity (Wildman–Crippen MR) is 222 cm³/mol. The molecule has 0 bridgehead atoms. The number of carbonyl (C=O) groups excluding carboxylic acids is 1. The first-order valence-electron chi connectivity index (χ1n) is 22.2. The molecule has 1 saturated heterocycles. The highest BCUT2D eigenvalue weighted by Crippen LogP contribution is 2.22. The minimum absolute atomic E-state index is 0.341. The highest BCUT2D eigenvalue weighted by molar-refractivity contribution is 5.82. The summed E-state index contributed by atoms with van der Waals surface area (Å²) >= 11 is 0. The van der Waals surface area contributed by atoms with E-state index in [0.717, 1.165) is 32.1 Å². The number of rotatable bonds is 35. The molecule has 322 valence electrons. The van der Waals surface area contributed by atoms with Gasteiger partial charge < -0.3 is 45.4 Å². The molecule has 1 aliphatic rings. The lowest BCUT2D eigenvalue weighted by Gasteiger charge is -2.40. The number of allylic oxidation sites excluding steroid dienone is 4. The zero-order valence-corrected chi connectivity index (χ0v) is 35.0. The Morgan fingerprint density at radius 2 is 1.18 bits per heavy atom. The Balaban J connectivity index is 2.52. The van der Waals surface area contributed by atoms with E-state index in [0.29, 0.717) is 6.42 Å². The highest BCUT2D eigenvalue weighted by Gasteiger charge is 2.44. The first-order valence-corrected chi connectivity index (χ1v) is 22.2. The van der Waals surface area contributed by atoms with Gasteiger partial charge in [0.05, 0.1) is 25.4 Å². The topological polar surface area (TPSA) is 169 Å². The molecule has 10 heteroatoms. The summed E-state index contributed by atoms with van der Waals surface area (Å²) in [5.74, 6) is -0.712. The monoisotopic (exact) mass is 782 g/mol. The zero-order chi connectivity index (χ0) is 40.5. The maximum atomic E-state index is 13.0. The van der Waals surface area contributed by atoms with Crippen LogP contribution in [0.25, 0.3) is 0 Å². The number of ether oxygens (including phenoxy) is 2. The summed E-state index contributed by atoms with van der Waals surface area (Å²) in [5.41, 5.74) is 1.35. The number of aliphatic hydroxyl groups is 6. The van der Waals surface area contributed by atoms with Crippen molar-refractivity contribution in [1.82, 2.24) is 5.32 Å². The maximum Gasteiger partial charge on any atom is 0.253 e. The smallest absolute Gasteiger partial charge is 0.253 e. The molecule has 55 heavy (non-hydrogen) atoms.